The molecule has 0 atom stereocenters. The van der Waals surface area contributed by atoms with Crippen molar-refractivity contribution in [2.45, 2.75) is 6.92 Å². The number of phenols is 2. The largest absolute Gasteiger partial charge is 0.504 e. The monoisotopic (exact) mass is 257 g/mol. The van der Waals surface area contributed by atoms with Gasteiger partial charge < -0.3 is 14.9 Å². The number of amides is 1. The van der Waals surface area contributed by atoms with Crippen molar-refractivity contribution in [3.05, 3.63) is 36.4 Å². The Balaban J connectivity index is 2.30. The van der Waals surface area contributed by atoms with Crippen LogP contribution in [0.1, 0.15) is 6.92 Å². The molecule has 0 radical (unpaired) electrons. The van der Waals surface area contributed by atoms with E-state index in [2.05, 4.69) is 0 Å². The van der Waals surface area contributed by atoms with E-state index in [-0.39, 0.29) is 23.1 Å². The van der Waals surface area contributed by atoms with Gasteiger partial charge in [-0.05, 0) is 24.3 Å². The highest BCUT2D eigenvalue weighted by atomic mass is 16.5. The summed E-state index contributed by atoms with van der Waals surface area (Å²) in [4.78, 5) is 13.2. The Kier molecular flexibility index (Phi) is 2.35. The maximum absolute atomic E-state index is 11.9. The smallest absolute Gasteiger partial charge is 0.228 e. The van der Waals surface area contributed by atoms with Gasteiger partial charge in [0.25, 0.3) is 0 Å². The van der Waals surface area contributed by atoms with Crippen LogP contribution in [0.2, 0.25) is 0 Å². The second-order valence-electron chi connectivity index (χ2n) is 4.20. The molecular formula is C14H11NO4. The van der Waals surface area contributed by atoms with E-state index in [1.807, 2.05) is 0 Å². The van der Waals surface area contributed by atoms with Gasteiger partial charge in [-0.25, -0.2) is 0 Å². The number of hydrogen-bond donors (Lipinski definition) is 2. The second kappa shape index (κ2) is 3.91. The molecule has 1 aliphatic rings. The van der Waals surface area contributed by atoms with E-state index in [9.17, 15) is 15.0 Å². The minimum Gasteiger partial charge on any atom is -0.504 e. The zero-order valence-electron chi connectivity index (χ0n) is 10.1. The molecule has 1 heterocycles. The number of benzene rings is 2. The Hall–Kier alpha value is -2.69. The summed E-state index contributed by atoms with van der Waals surface area (Å²) in [6, 6.07) is 9.84. The predicted molar refractivity (Wildman–Crippen MR) is 69.1 cm³/mol. The molecule has 0 saturated heterocycles. The molecule has 5 nitrogen and oxygen atoms in total. The lowest BCUT2D eigenvalue weighted by molar-refractivity contribution is -0.115. The van der Waals surface area contributed by atoms with Crippen molar-refractivity contribution in [2.75, 3.05) is 4.90 Å². The third kappa shape index (κ3) is 1.59. The van der Waals surface area contributed by atoms with Gasteiger partial charge in [-0.3, -0.25) is 9.69 Å². The molecule has 0 aromatic heterocycles. The lowest BCUT2D eigenvalue weighted by Crippen LogP contribution is -2.26. The van der Waals surface area contributed by atoms with Crippen LogP contribution in [0.3, 0.4) is 0 Å². The number of hydrogen-bond acceptors (Lipinski definition) is 4. The maximum atomic E-state index is 11.9. The van der Waals surface area contributed by atoms with Crippen LogP contribution in [0.25, 0.3) is 0 Å². The molecule has 0 bridgehead atoms. The summed E-state index contributed by atoms with van der Waals surface area (Å²) in [5, 5.41) is 19.5. The van der Waals surface area contributed by atoms with Gasteiger partial charge in [0, 0.05) is 6.92 Å². The van der Waals surface area contributed by atoms with Gasteiger partial charge >= 0.3 is 0 Å². The fraction of sp³-hybridized carbons (Fsp3) is 0.0714. The number of nitrogens with zero attached hydrogens (tertiary/aromatic N) is 1. The third-order valence-electron chi connectivity index (χ3n) is 2.96. The van der Waals surface area contributed by atoms with Crippen LogP contribution in [0.4, 0.5) is 11.4 Å². The van der Waals surface area contributed by atoms with Crippen LogP contribution in [-0.4, -0.2) is 16.1 Å². The van der Waals surface area contributed by atoms with Crippen LogP contribution >= 0.6 is 0 Å². The molecular weight excluding hydrogens is 246 g/mol. The third-order valence-corrected chi connectivity index (χ3v) is 2.96. The summed E-state index contributed by atoms with van der Waals surface area (Å²) in [5.41, 5.74) is 0.689. The van der Waals surface area contributed by atoms with E-state index >= 15 is 0 Å². The highest BCUT2D eigenvalue weighted by Crippen LogP contribution is 2.52. The highest BCUT2D eigenvalue weighted by Gasteiger charge is 2.30. The number of fused-ring (bicyclic) bond motifs is 2. The average molecular weight is 257 g/mol. The Morgan fingerprint density at radius 1 is 1.11 bits per heavy atom. The number of rotatable bonds is 0. The molecule has 0 unspecified atom stereocenters. The van der Waals surface area contributed by atoms with Gasteiger partial charge in [0.2, 0.25) is 5.91 Å². The van der Waals surface area contributed by atoms with Gasteiger partial charge in [-0.2, -0.15) is 0 Å². The second-order valence-corrected chi connectivity index (χ2v) is 4.20. The van der Waals surface area contributed by atoms with Gasteiger partial charge in [0.1, 0.15) is 5.69 Å². The number of aromatic hydroxyl groups is 2. The first-order valence-electron chi connectivity index (χ1n) is 5.72. The lowest BCUT2D eigenvalue weighted by Gasteiger charge is -2.30. The van der Waals surface area contributed by atoms with Gasteiger partial charge in [-0.15, -0.1) is 0 Å². The molecule has 2 aromatic rings. The molecule has 0 fully saturated rings. The summed E-state index contributed by atoms with van der Waals surface area (Å²) < 4.78 is 5.63. The van der Waals surface area contributed by atoms with Crippen molar-refractivity contribution >= 4 is 17.3 Å². The summed E-state index contributed by atoms with van der Waals surface area (Å²) >= 11 is 0. The van der Waals surface area contributed by atoms with E-state index in [1.165, 1.54) is 24.0 Å². The van der Waals surface area contributed by atoms with Crippen LogP contribution in [0.15, 0.2) is 36.4 Å². The van der Waals surface area contributed by atoms with Crippen molar-refractivity contribution in [1.29, 1.82) is 0 Å². The van der Waals surface area contributed by atoms with Gasteiger partial charge in [0.15, 0.2) is 23.0 Å². The lowest BCUT2D eigenvalue weighted by atomic mass is 10.1. The summed E-state index contributed by atoms with van der Waals surface area (Å²) in [5.74, 6) is -0.104. The summed E-state index contributed by atoms with van der Waals surface area (Å²) in [6.45, 7) is 1.38. The molecule has 0 spiro atoms. The van der Waals surface area contributed by atoms with Crippen molar-refractivity contribution in [3.8, 4) is 23.0 Å². The molecule has 1 amide bonds. The number of carbonyl (C=O) groups excluding carboxylic acids is 1. The number of ether oxygens (including phenoxy) is 1. The highest BCUT2D eigenvalue weighted by molar-refractivity contribution is 6.05. The van der Waals surface area contributed by atoms with Crippen molar-refractivity contribution in [2.24, 2.45) is 0 Å². The normalized spacial score (nSPS) is 12.4. The fourth-order valence-corrected chi connectivity index (χ4v) is 2.14. The quantitative estimate of drug-likeness (QED) is 0.712. The van der Waals surface area contributed by atoms with Crippen LogP contribution in [0.5, 0.6) is 23.0 Å². The van der Waals surface area contributed by atoms with Gasteiger partial charge in [0.05, 0.1) is 5.69 Å². The molecule has 5 heteroatoms. The zero-order valence-corrected chi connectivity index (χ0v) is 10.1. The van der Waals surface area contributed by atoms with E-state index < -0.39 is 0 Å². The fourth-order valence-electron chi connectivity index (χ4n) is 2.14. The van der Waals surface area contributed by atoms with E-state index in [1.54, 1.807) is 24.3 Å². The first-order chi connectivity index (χ1) is 9.09. The van der Waals surface area contributed by atoms with E-state index in [4.69, 9.17) is 4.74 Å². The number of carbonyl (C=O) groups is 1. The van der Waals surface area contributed by atoms with Crippen LogP contribution in [0, 0.1) is 0 Å². The Labute approximate surface area is 109 Å². The van der Waals surface area contributed by atoms with Gasteiger partial charge in [-0.1, -0.05) is 12.1 Å². The summed E-state index contributed by atoms with van der Waals surface area (Å²) in [7, 11) is 0. The Bertz CT molecular complexity index is 681. The molecule has 0 aliphatic carbocycles. The predicted octanol–water partition coefficient (Wildman–Crippen LogP) is 2.89. The average Bonchev–Trinajstić information content (AvgIpc) is 2.40. The SMILES string of the molecule is CC(=O)N1c2ccccc2Oc2ccc(O)c(O)c21. The zero-order chi connectivity index (χ0) is 13.6. The number of anilines is 2. The molecule has 96 valence electrons. The first-order valence-corrected chi connectivity index (χ1v) is 5.72. The topological polar surface area (TPSA) is 70.0 Å². The Morgan fingerprint density at radius 3 is 2.58 bits per heavy atom. The first kappa shape index (κ1) is 11.4. The molecule has 1 aliphatic heterocycles. The Morgan fingerprint density at radius 2 is 1.84 bits per heavy atom. The molecule has 19 heavy (non-hydrogen) atoms. The minimum absolute atomic E-state index is 0.159. The van der Waals surface area contributed by atoms with Crippen LogP contribution in [-0.2, 0) is 4.79 Å². The van der Waals surface area contributed by atoms with E-state index in [0.717, 1.165) is 0 Å². The minimum atomic E-state index is -0.373. The number of para-hydroxylation sites is 2. The van der Waals surface area contributed by atoms with E-state index in [0.29, 0.717) is 17.2 Å². The molecule has 2 N–H and O–H groups in total. The van der Waals surface area contributed by atoms with Crippen molar-refractivity contribution in [1.82, 2.24) is 0 Å². The molecule has 3 rings (SSSR count). The maximum Gasteiger partial charge on any atom is 0.228 e. The number of phenolic OH excluding ortho intramolecular Hbond substituents is 2. The van der Waals surface area contributed by atoms with Crippen LogP contribution < -0.4 is 9.64 Å². The van der Waals surface area contributed by atoms with Crippen molar-refractivity contribution < 1.29 is 19.7 Å². The van der Waals surface area contributed by atoms with Crippen molar-refractivity contribution in [3.63, 3.8) is 0 Å². The summed E-state index contributed by atoms with van der Waals surface area (Å²) in [6.07, 6.45) is 0. The molecule has 0 saturated carbocycles. The molecule has 2 aromatic carbocycles. The standard InChI is InChI=1S/C14H11NO4/c1-8(16)15-9-4-2-3-5-11(9)19-12-7-6-10(17)14(18)13(12)15/h2-7,17-18H,1H3.